The number of nitrogens with one attached hydrogen (secondary N) is 1. The fourth-order valence-electron chi connectivity index (χ4n) is 1.37. The lowest BCUT2D eigenvalue weighted by atomic mass is 10.0. The molecule has 0 spiro atoms. The second-order valence-electron chi connectivity index (χ2n) is 3.51. The molecule has 0 aliphatic carbocycles. The Hall–Kier alpha value is -0.930. The topological polar surface area (TPSA) is 38.0 Å². The monoisotopic (exact) mass is 196 g/mol. The summed E-state index contributed by atoms with van der Waals surface area (Å²) < 4.78 is 13.0. The number of benzene rings is 1. The summed E-state index contributed by atoms with van der Waals surface area (Å²) in [6.07, 6.45) is 0.863. The lowest BCUT2D eigenvalue weighted by Crippen LogP contribution is -2.18. The summed E-state index contributed by atoms with van der Waals surface area (Å²) in [4.78, 5) is 0. The van der Waals surface area contributed by atoms with Gasteiger partial charge in [0.05, 0.1) is 0 Å². The van der Waals surface area contributed by atoms with Crippen LogP contribution in [0.25, 0.3) is 0 Å². The molecular formula is C11H17FN2. The molecule has 0 aliphatic rings. The van der Waals surface area contributed by atoms with Crippen LogP contribution in [0, 0.1) is 12.7 Å². The van der Waals surface area contributed by atoms with Crippen molar-refractivity contribution in [3.8, 4) is 0 Å². The van der Waals surface area contributed by atoms with Crippen molar-refractivity contribution in [2.75, 3.05) is 13.6 Å². The van der Waals surface area contributed by atoms with Gasteiger partial charge in [0.1, 0.15) is 5.82 Å². The molecule has 78 valence electrons. The van der Waals surface area contributed by atoms with E-state index in [1.165, 1.54) is 6.07 Å². The van der Waals surface area contributed by atoms with E-state index < -0.39 is 0 Å². The fourth-order valence-corrected chi connectivity index (χ4v) is 1.37. The summed E-state index contributed by atoms with van der Waals surface area (Å²) >= 11 is 0. The summed E-state index contributed by atoms with van der Waals surface area (Å²) in [5, 5.41) is 3.04. The molecule has 1 rings (SSSR count). The van der Waals surface area contributed by atoms with Crippen molar-refractivity contribution in [2.45, 2.75) is 19.4 Å². The van der Waals surface area contributed by atoms with Crippen LogP contribution < -0.4 is 11.1 Å². The lowest BCUT2D eigenvalue weighted by Gasteiger charge is -2.12. The largest absolute Gasteiger partial charge is 0.324 e. The molecule has 0 radical (unpaired) electrons. The summed E-state index contributed by atoms with van der Waals surface area (Å²) in [5.41, 5.74) is 7.59. The third-order valence-electron chi connectivity index (χ3n) is 2.32. The molecule has 1 aromatic rings. The maximum absolute atomic E-state index is 13.0. The van der Waals surface area contributed by atoms with E-state index in [-0.39, 0.29) is 11.9 Å². The minimum atomic E-state index is -0.172. The molecule has 0 aromatic heterocycles. The Labute approximate surface area is 84.3 Å². The van der Waals surface area contributed by atoms with Gasteiger partial charge in [-0.2, -0.15) is 0 Å². The van der Waals surface area contributed by atoms with Gasteiger partial charge in [0.2, 0.25) is 0 Å². The average molecular weight is 196 g/mol. The highest BCUT2D eigenvalue weighted by molar-refractivity contribution is 5.26. The molecule has 0 aliphatic heterocycles. The van der Waals surface area contributed by atoms with Crippen molar-refractivity contribution in [3.05, 3.63) is 35.1 Å². The van der Waals surface area contributed by atoms with Crippen LogP contribution in [0.2, 0.25) is 0 Å². The Morgan fingerprint density at radius 3 is 2.79 bits per heavy atom. The van der Waals surface area contributed by atoms with Gasteiger partial charge in [0, 0.05) is 6.04 Å². The molecule has 3 heteroatoms. The van der Waals surface area contributed by atoms with E-state index in [1.54, 1.807) is 13.0 Å². The molecule has 14 heavy (non-hydrogen) atoms. The van der Waals surface area contributed by atoms with Crippen molar-refractivity contribution in [3.63, 3.8) is 0 Å². The maximum Gasteiger partial charge on any atom is 0.126 e. The highest BCUT2D eigenvalue weighted by Gasteiger charge is 2.06. The van der Waals surface area contributed by atoms with Crippen LogP contribution >= 0.6 is 0 Å². The van der Waals surface area contributed by atoms with Gasteiger partial charge in [0.25, 0.3) is 0 Å². The Balaban J connectivity index is 2.70. The minimum Gasteiger partial charge on any atom is -0.324 e. The first-order valence-electron chi connectivity index (χ1n) is 4.81. The normalized spacial score (nSPS) is 12.9. The van der Waals surface area contributed by atoms with Crippen LogP contribution in [-0.2, 0) is 0 Å². The molecule has 3 N–H and O–H groups in total. The second-order valence-corrected chi connectivity index (χ2v) is 3.51. The molecule has 0 heterocycles. The van der Waals surface area contributed by atoms with Crippen LogP contribution in [0.3, 0.4) is 0 Å². The van der Waals surface area contributed by atoms with Crippen molar-refractivity contribution in [2.24, 2.45) is 5.73 Å². The first-order chi connectivity index (χ1) is 6.65. The number of nitrogens with two attached hydrogens (primary N) is 1. The van der Waals surface area contributed by atoms with E-state index >= 15 is 0 Å². The molecule has 0 saturated carbocycles. The number of aryl methyl sites for hydroxylation is 1. The van der Waals surface area contributed by atoms with Gasteiger partial charge in [-0.3, -0.25) is 0 Å². The van der Waals surface area contributed by atoms with Crippen LogP contribution in [0.5, 0.6) is 0 Å². The SMILES string of the molecule is CNCCC(N)c1ccc(F)c(C)c1. The van der Waals surface area contributed by atoms with E-state index in [2.05, 4.69) is 5.32 Å². The molecule has 0 saturated heterocycles. The Kier molecular flexibility index (Phi) is 4.04. The van der Waals surface area contributed by atoms with Crippen molar-refractivity contribution in [1.29, 1.82) is 0 Å². The zero-order valence-corrected chi connectivity index (χ0v) is 8.68. The molecule has 0 amide bonds. The summed E-state index contributed by atoms with van der Waals surface area (Å²) in [6, 6.07) is 5.03. The van der Waals surface area contributed by atoms with E-state index in [4.69, 9.17) is 5.73 Å². The van der Waals surface area contributed by atoms with Crippen molar-refractivity contribution < 1.29 is 4.39 Å². The molecule has 1 unspecified atom stereocenters. The van der Waals surface area contributed by atoms with Crippen LogP contribution in [0.4, 0.5) is 4.39 Å². The number of hydrogen-bond donors (Lipinski definition) is 2. The second kappa shape index (κ2) is 5.08. The van der Waals surface area contributed by atoms with Gasteiger partial charge in [-0.05, 0) is 44.1 Å². The average Bonchev–Trinajstić information content (AvgIpc) is 2.18. The third-order valence-corrected chi connectivity index (χ3v) is 2.32. The van der Waals surface area contributed by atoms with E-state index in [1.807, 2.05) is 13.1 Å². The van der Waals surface area contributed by atoms with Crippen molar-refractivity contribution >= 4 is 0 Å². The minimum absolute atomic E-state index is 0.0123. The highest BCUT2D eigenvalue weighted by atomic mass is 19.1. The van der Waals surface area contributed by atoms with Gasteiger partial charge in [-0.15, -0.1) is 0 Å². The molecule has 0 fully saturated rings. The summed E-state index contributed by atoms with van der Waals surface area (Å²) in [6.45, 7) is 2.63. The maximum atomic E-state index is 13.0. The van der Waals surface area contributed by atoms with Gasteiger partial charge in [-0.25, -0.2) is 4.39 Å². The summed E-state index contributed by atoms with van der Waals surface area (Å²) in [7, 11) is 1.89. The zero-order valence-electron chi connectivity index (χ0n) is 8.68. The number of halogens is 1. The molecule has 0 bridgehead atoms. The predicted molar refractivity (Wildman–Crippen MR) is 56.6 cm³/mol. The van der Waals surface area contributed by atoms with E-state index in [9.17, 15) is 4.39 Å². The fraction of sp³-hybridized carbons (Fsp3) is 0.455. The van der Waals surface area contributed by atoms with Crippen LogP contribution in [0.15, 0.2) is 18.2 Å². The summed E-state index contributed by atoms with van der Waals surface area (Å²) in [5.74, 6) is -0.172. The van der Waals surface area contributed by atoms with Gasteiger partial charge in [0.15, 0.2) is 0 Å². The quantitative estimate of drug-likeness (QED) is 0.769. The molecule has 1 atom stereocenters. The van der Waals surface area contributed by atoms with E-state index in [0.717, 1.165) is 18.5 Å². The molecule has 2 nitrogen and oxygen atoms in total. The first-order valence-corrected chi connectivity index (χ1v) is 4.81. The zero-order chi connectivity index (χ0) is 10.6. The first kappa shape index (κ1) is 11.1. The van der Waals surface area contributed by atoms with Crippen LogP contribution in [-0.4, -0.2) is 13.6 Å². The smallest absolute Gasteiger partial charge is 0.126 e. The Bertz CT molecular complexity index is 299. The van der Waals surface area contributed by atoms with Gasteiger partial charge < -0.3 is 11.1 Å². The molecule has 1 aromatic carbocycles. The predicted octanol–water partition coefficient (Wildman–Crippen LogP) is 1.74. The standard InChI is InChI=1S/C11H17FN2/c1-8-7-9(3-4-10(8)12)11(13)5-6-14-2/h3-4,7,11,14H,5-6,13H2,1-2H3. The Morgan fingerprint density at radius 2 is 2.21 bits per heavy atom. The third kappa shape index (κ3) is 2.79. The van der Waals surface area contributed by atoms with E-state index in [0.29, 0.717) is 5.56 Å². The van der Waals surface area contributed by atoms with Gasteiger partial charge >= 0.3 is 0 Å². The Morgan fingerprint density at radius 1 is 1.50 bits per heavy atom. The number of rotatable bonds is 4. The molecular weight excluding hydrogens is 179 g/mol. The van der Waals surface area contributed by atoms with Crippen molar-refractivity contribution in [1.82, 2.24) is 5.32 Å². The number of hydrogen-bond acceptors (Lipinski definition) is 2. The lowest BCUT2D eigenvalue weighted by molar-refractivity contribution is 0.601. The van der Waals surface area contributed by atoms with Gasteiger partial charge in [-0.1, -0.05) is 12.1 Å². The highest BCUT2D eigenvalue weighted by Crippen LogP contribution is 2.16. The van der Waals surface area contributed by atoms with Crippen LogP contribution in [0.1, 0.15) is 23.6 Å².